The molecule has 2 N–H and O–H groups in total. The lowest BCUT2D eigenvalue weighted by molar-refractivity contribution is -0.141. The molecule has 0 saturated carbocycles. The zero-order chi connectivity index (χ0) is 13.7. The molecule has 0 aromatic rings. The minimum atomic E-state index is -0.926. The predicted octanol–water partition coefficient (Wildman–Crippen LogP) is -0.548. The number of carbonyl (C=O) groups excluding carboxylic acids is 1. The van der Waals surface area contributed by atoms with Crippen LogP contribution in [0.5, 0.6) is 0 Å². The van der Waals surface area contributed by atoms with E-state index in [1.54, 1.807) is 18.9 Å². The third-order valence-corrected chi connectivity index (χ3v) is 2.91. The van der Waals surface area contributed by atoms with E-state index >= 15 is 0 Å². The van der Waals surface area contributed by atoms with Crippen molar-refractivity contribution in [1.29, 1.82) is 0 Å². The number of aliphatic hydroxyl groups excluding tert-OH is 1. The van der Waals surface area contributed by atoms with Crippen LogP contribution in [-0.2, 0) is 9.53 Å². The summed E-state index contributed by atoms with van der Waals surface area (Å²) < 4.78 is 5.25. The van der Waals surface area contributed by atoms with E-state index in [0.717, 1.165) is 0 Å². The summed E-state index contributed by atoms with van der Waals surface area (Å²) in [4.78, 5) is 25.7. The van der Waals surface area contributed by atoms with E-state index in [9.17, 15) is 9.59 Å². The number of rotatable bonds is 4. The lowest BCUT2D eigenvalue weighted by atomic mass is 10.2. The van der Waals surface area contributed by atoms with Gasteiger partial charge in [-0.05, 0) is 0 Å². The number of carboxylic acids is 1. The zero-order valence-electron chi connectivity index (χ0n) is 10.7. The normalized spacial score (nSPS) is 21.5. The number of amides is 2. The summed E-state index contributed by atoms with van der Waals surface area (Å²) in [6, 6.07) is -0.232. The highest BCUT2D eigenvalue weighted by molar-refractivity contribution is 5.76. The van der Waals surface area contributed by atoms with Crippen molar-refractivity contribution in [2.45, 2.75) is 13.0 Å². The average Bonchev–Trinajstić information content (AvgIpc) is 2.37. The lowest BCUT2D eigenvalue weighted by Gasteiger charge is -2.35. The van der Waals surface area contributed by atoms with Gasteiger partial charge < -0.3 is 24.7 Å². The van der Waals surface area contributed by atoms with E-state index in [0.29, 0.717) is 19.7 Å². The zero-order valence-corrected chi connectivity index (χ0v) is 10.7. The highest BCUT2D eigenvalue weighted by Gasteiger charge is 2.27. The standard InChI is InChI=1S/C11H20N2O5/c1-8(10(15)16)5-12(2)11(17)13-3-4-18-9(6-13)7-14/h8-9,14H,3-7H2,1-2H3,(H,15,16). The average molecular weight is 260 g/mol. The first kappa shape index (κ1) is 14.7. The molecule has 1 heterocycles. The van der Waals surface area contributed by atoms with Crippen molar-refractivity contribution in [3.63, 3.8) is 0 Å². The number of hydrogen-bond acceptors (Lipinski definition) is 4. The quantitative estimate of drug-likeness (QED) is 0.708. The maximum atomic E-state index is 12.0. The molecule has 0 radical (unpaired) electrons. The van der Waals surface area contributed by atoms with Crippen molar-refractivity contribution in [2.75, 3.05) is 39.9 Å². The monoisotopic (exact) mass is 260 g/mol. The summed E-state index contributed by atoms with van der Waals surface area (Å²) in [6.45, 7) is 2.78. The maximum absolute atomic E-state index is 12.0. The van der Waals surface area contributed by atoms with Gasteiger partial charge in [-0.3, -0.25) is 4.79 Å². The van der Waals surface area contributed by atoms with Gasteiger partial charge in [-0.15, -0.1) is 0 Å². The Morgan fingerprint density at radius 1 is 1.56 bits per heavy atom. The second kappa shape index (κ2) is 6.55. The Kier molecular flexibility index (Phi) is 5.36. The molecule has 0 aliphatic carbocycles. The first-order valence-electron chi connectivity index (χ1n) is 5.91. The Morgan fingerprint density at radius 3 is 2.78 bits per heavy atom. The van der Waals surface area contributed by atoms with Crippen LogP contribution in [0.3, 0.4) is 0 Å². The SMILES string of the molecule is CC(CN(C)C(=O)N1CCOC(CO)C1)C(=O)O. The lowest BCUT2D eigenvalue weighted by Crippen LogP contribution is -2.51. The molecular weight excluding hydrogens is 240 g/mol. The summed E-state index contributed by atoms with van der Waals surface area (Å²) in [5, 5.41) is 17.8. The van der Waals surface area contributed by atoms with E-state index in [-0.39, 0.29) is 25.3 Å². The summed E-state index contributed by atoms with van der Waals surface area (Å²) in [5.41, 5.74) is 0. The molecule has 1 rings (SSSR count). The van der Waals surface area contributed by atoms with Gasteiger partial charge in [0.05, 0.1) is 31.8 Å². The van der Waals surface area contributed by atoms with E-state index < -0.39 is 11.9 Å². The van der Waals surface area contributed by atoms with E-state index in [1.165, 1.54) is 4.90 Å². The van der Waals surface area contributed by atoms with Crippen LogP contribution in [0, 0.1) is 5.92 Å². The predicted molar refractivity (Wildman–Crippen MR) is 63.2 cm³/mol. The van der Waals surface area contributed by atoms with Crippen molar-refractivity contribution in [1.82, 2.24) is 9.80 Å². The second-order valence-corrected chi connectivity index (χ2v) is 4.52. The molecule has 0 aromatic carbocycles. The molecule has 1 aliphatic heterocycles. The van der Waals surface area contributed by atoms with Gasteiger partial charge in [0, 0.05) is 20.1 Å². The molecule has 0 spiro atoms. The van der Waals surface area contributed by atoms with Gasteiger partial charge >= 0.3 is 12.0 Å². The van der Waals surface area contributed by atoms with Crippen LogP contribution < -0.4 is 0 Å². The first-order valence-corrected chi connectivity index (χ1v) is 5.91. The van der Waals surface area contributed by atoms with Crippen LogP contribution in [0.4, 0.5) is 4.79 Å². The third-order valence-electron chi connectivity index (χ3n) is 2.91. The van der Waals surface area contributed by atoms with Gasteiger partial charge in [0.25, 0.3) is 0 Å². The number of morpholine rings is 1. The highest BCUT2D eigenvalue weighted by Crippen LogP contribution is 2.08. The second-order valence-electron chi connectivity index (χ2n) is 4.52. The number of urea groups is 1. The molecular formula is C11H20N2O5. The van der Waals surface area contributed by atoms with Gasteiger partial charge in [0.1, 0.15) is 0 Å². The topological polar surface area (TPSA) is 90.3 Å². The van der Waals surface area contributed by atoms with Gasteiger partial charge in [-0.1, -0.05) is 6.92 Å². The van der Waals surface area contributed by atoms with Gasteiger partial charge in [-0.25, -0.2) is 4.79 Å². The van der Waals surface area contributed by atoms with Gasteiger partial charge in [-0.2, -0.15) is 0 Å². The van der Waals surface area contributed by atoms with Crippen molar-refractivity contribution in [3.8, 4) is 0 Å². The molecule has 2 unspecified atom stereocenters. The largest absolute Gasteiger partial charge is 0.481 e. The van der Waals surface area contributed by atoms with Crippen LogP contribution in [-0.4, -0.2) is 78.0 Å². The fourth-order valence-electron chi connectivity index (χ4n) is 1.81. The molecule has 2 amide bonds. The smallest absolute Gasteiger partial charge is 0.319 e. The fourth-order valence-corrected chi connectivity index (χ4v) is 1.81. The molecule has 1 fully saturated rings. The van der Waals surface area contributed by atoms with Crippen molar-refractivity contribution in [3.05, 3.63) is 0 Å². The number of aliphatic hydroxyl groups is 1. The highest BCUT2D eigenvalue weighted by atomic mass is 16.5. The van der Waals surface area contributed by atoms with Crippen LogP contribution in [0.15, 0.2) is 0 Å². The maximum Gasteiger partial charge on any atom is 0.319 e. The number of aliphatic carboxylic acids is 1. The van der Waals surface area contributed by atoms with E-state index in [2.05, 4.69) is 0 Å². The molecule has 7 heteroatoms. The molecule has 7 nitrogen and oxygen atoms in total. The van der Waals surface area contributed by atoms with Crippen molar-refractivity contribution < 1.29 is 24.5 Å². The first-order chi connectivity index (χ1) is 8.45. The number of carboxylic acid groups (broad SMARTS) is 1. The Hall–Kier alpha value is -1.34. The molecule has 104 valence electrons. The molecule has 1 aliphatic rings. The molecule has 0 aromatic heterocycles. The van der Waals surface area contributed by atoms with Gasteiger partial charge in [0.15, 0.2) is 0 Å². The van der Waals surface area contributed by atoms with Crippen molar-refractivity contribution in [2.24, 2.45) is 5.92 Å². The Morgan fingerprint density at radius 2 is 2.22 bits per heavy atom. The summed E-state index contributed by atoms with van der Waals surface area (Å²) in [7, 11) is 1.57. The summed E-state index contributed by atoms with van der Waals surface area (Å²) in [6.07, 6.45) is -0.354. The number of hydrogen-bond donors (Lipinski definition) is 2. The fraction of sp³-hybridized carbons (Fsp3) is 0.818. The van der Waals surface area contributed by atoms with Crippen LogP contribution in [0.2, 0.25) is 0 Å². The number of nitrogens with zero attached hydrogens (tertiary/aromatic N) is 2. The molecule has 0 bridgehead atoms. The van der Waals surface area contributed by atoms with Crippen molar-refractivity contribution >= 4 is 12.0 Å². The molecule has 1 saturated heterocycles. The van der Waals surface area contributed by atoms with E-state index in [1.807, 2.05) is 0 Å². The molecule has 18 heavy (non-hydrogen) atoms. The number of ether oxygens (including phenoxy) is 1. The van der Waals surface area contributed by atoms with Crippen LogP contribution >= 0.6 is 0 Å². The third kappa shape index (κ3) is 3.85. The Bertz CT molecular complexity index is 310. The summed E-state index contributed by atoms with van der Waals surface area (Å²) >= 11 is 0. The Labute approximate surface area is 106 Å². The van der Waals surface area contributed by atoms with E-state index in [4.69, 9.17) is 14.9 Å². The minimum absolute atomic E-state index is 0.126. The number of carbonyl (C=O) groups is 2. The van der Waals surface area contributed by atoms with Crippen LogP contribution in [0.25, 0.3) is 0 Å². The minimum Gasteiger partial charge on any atom is -0.481 e. The Balaban J connectivity index is 2.50. The summed E-state index contributed by atoms with van der Waals surface area (Å²) in [5.74, 6) is -1.53. The van der Waals surface area contributed by atoms with Crippen LogP contribution in [0.1, 0.15) is 6.92 Å². The molecule has 2 atom stereocenters. The van der Waals surface area contributed by atoms with Gasteiger partial charge in [0.2, 0.25) is 0 Å².